The number of anilines is 1. The zero-order chi connectivity index (χ0) is 21.6. The van der Waals surface area contributed by atoms with Crippen molar-refractivity contribution in [1.82, 2.24) is 40.8 Å². The summed E-state index contributed by atoms with van der Waals surface area (Å²) in [6.45, 7) is 4.81. The summed E-state index contributed by atoms with van der Waals surface area (Å²) >= 11 is 5.35. The first-order chi connectivity index (χ1) is 14.9. The van der Waals surface area contributed by atoms with Crippen LogP contribution in [0.4, 0.5) is 5.69 Å². The lowest BCUT2D eigenvalue weighted by atomic mass is 9.46. The molecular weight excluding hydrogens is 414 g/mol. The maximum absolute atomic E-state index is 12.9. The smallest absolute Gasteiger partial charge is 0.238 e. The highest BCUT2D eigenvalue weighted by Crippen LogP contribution is 2.64. The average molecular weight is 444 g/mol. The number of hydrogen-bond donors (Lipinski definition) is 3. The summed E-state index contributed by atoms with van der Waals surface area (Å²) < 4.78 is 1.89. The lowest BCUT2D eigenvalue weighted by Gasteiger charge is -2.61. The van der Waals surface area contributed by atoms with Crippen molar-refractivity contribution >= 4 is 28.9 Å². The molecule has 4 saturated carbocycles. The predicted molar refractivity (Wildman–Crippen MR) is 118 cm³/mol. The highest BCUT2D eigenvalue weighted by Gasteiger charge is 2.59. The molecule has 2 heterocycles. The van der Waals surface area contributed by atoms with Crippen LogP contribution in [-0.4, -0.2) is 41.0 Å². The van der Waals surface area contributed by atoms with Crippen LogP contribution in [0.5, 0.6) is 0 Å². The summed E-state index contributed by atoms with van der Waals surface area (Å²) in [7, 11) is 0. The molecule has 166 valence electrons. The van der Waals surface area contributed by atoms with Gasteiger partial charge in [-0.2, -0.15) is 9.90 Å². The van der Waals surface area contributed by atoms with E-state index in [9.17, 15) is 4.79 Å². The van der Waals surface area contributed by atoms with E-state index in [0.29, 0.717) is 23.4 Å². The molecule has 0 radical (unpaired) electrons. The third-order valence-corrected chi connectivity index (χ3v) is 7.63. The minimum atomic E-state index is -0.0812. The lowest BCUT2D eigenvalue weighted by molar-refractivity contribution is -0.139. The second-order valence-electron chi connectivity index (χ2n) is 9.67. The number of carbonyl (C=O) groups excluding carboxylic acids is 1. The van der Waals surface area contributed by atoms with Gasteiger partial charge in [0, 0.05) is 13.0 Å². The minimum absolute atomic E-state index is 0.00260. The predicted octanol–water partition coefficient (Wildman–Crippen LogP) is 1.90. The van der Waals surface area contributed by atoms with Crippen LogP contribution in [0.25, 0.3) is 0 Å². The van der Waals surface area contributed by atoms with Crippen molar-refractivity contribution in [3.8, 4) is 0 Å². The summed E-state index contributed by atoms with van der Waals surface area (Å²) in [5, 5.41) is 20.3. The number of carbonyl (C=O) groups is 1. The summed E-state index contributed by atoms with van der Waals surface area (Å²) in [6, 6.07) is 0. The molecule has 0 spiro atoms. The number of hydrazine groups is 1. The first-order valence-corrected chi connectivity index (χ1v) is 11.4. The van der Waals surface area contributed by atoms with Crippen LogP contribution in [0.15, 0.2) is 12.5 Å². The van der Waals surface area contributed by atoms with Crippen LogP contribution >= 0.6 is 12.2 Å². The van der Waals surface area contributed by atoms with Gasteiger partial charge in [0.15, 0.2) is 11.4 Å². The van der Waals surface area contributed by atoms with E-state index in [1.165, 1.54) is 12.7 Å². The maximum Gasteiger partial charge on any atom is 0.238 e. The van der Waals surface area contributed by atoms with E-state index in [-0.39, 0.29) is 16.9 Å². The van der Waals surface area contributed by atoms with E-state index in [2.05, 4.69) is 36.7 Å². The summed E-state index contributed by atoms with van der Waals surface area (Å²) in [6.07, 6.45) is 10.3. The van der Waals surface area contributed by atoms with E-state index in [1.54, 1.807) is 6.20 Å². The Balaban J connectivity index is 1.20. The van der Waals surface area contributed by atoms with Crippen molar-refractivity contribution in [3.05, 3.63) is 18.2 Å². The van der Waals surface area contributed by atoms with E-state index < -0.39 is 0 Å². The molecule has 4 fully saturated rings. The second kappa shape index (κ2) is 7.54. The van der Waals surface area contributed by atoms with Crippen LogP contribution in [0.1, 0.15) is 57.6 Å². The van der Waals surface area contributed by atoms with Crippen molar-refractivity contribution in [2.75, 3.05) is 5.32 Å². The van der Waals surface area contributed by atoms with Gasteiger partial charge in [-0.05, 0) is 87.1 Å². The molecule has 0 saturated heterocycles. The van der Waals surface area contributed by atoms with Gasteiger partial charge in [0.05, 0.1) is 23.1 Å². The maximum atomic E-state index is 12.9. The largest absolute Gasteiger partial charge is 0.329 e. The van der Waals surface area contributed by atoms with Crippen LogP contribution < -0.4 is 16.2 Å². The van der Waals surface area contributed by atoms with Gasteiger partial charge >= 0.3 is 0 Å². The van der Waals surface area contributed by atoms with Crippen LogP contribution in [0.2, 0.25) is 0 Å². The molecule has 10 nitrogen and oxygen atoms in total. The molecular formula is C20H29N9OS. The van der Waals surface area contributed by atoms with Gasteiger partial charge in [0.1, 0.15) is 0 Å². The number of aromatic nitrogens is 6. The number of amides is 1. The molecule has 2 aromatic heterocycles. The van der Waals surface area contributed by atoms with E-state index in [1.807, 2.05) is 23.3 Å². The Bertz CT molecular complexity index is 971. The zero-order valence-electron chi connectivity index (χ0n) is 18.0. The number of aryl methyl sites for hydroxylation is 1. The third kappa shape index (κ3) is 3.68. The van der Waals surface area contributed by atoms with Crippen LogP contribution in [-0.2, 0) is 16.9 Å². The van der Waals surface area contributed by atoms with E-state index in [4.69, 9.17) is 12.2 Å². The first kappa shape index (κ1) is 20.3. The molecule has 4 aliphatic rings. The molecule has 31 heavy (non-hydrogen) atoms. The van der Waals surface area contributed by atoms with Gasteiger partial charge in [-0.1, -0.05) is 0 Å². The Kier molecular flexibility index (Phi) is 4.95. The monoisotopic (exact) mass is 443 g/mol. The third-order valence-electron chi connectivity index (χ3n) is 7.43. The fraction of sp³-hybridized carbons (Fsp3) is 0.700. The van der Waals surface area contributed by atoms with Gasteiger partial charge in [-0.25, -0.2) is 0 Å². The fourth-order valence-electron chi connectivity index (χ4n) is 6.78. The summed E-state index contributed by atoms with van der Waals surface area (Å²) in [5.74, 6) is 1.23. The number of nitrogens with one attached hydrogen (secondary N) is 3. The van der Waals surface area contributed by atoms with Crippen LogP contribution in [0, 0.1) is 24.2 Å². The van der Waals surface area contributed by atoms with Gasteiger partial charge in [-0.3, -0.25) is 20.3 Å². The fourth-order valence-corrected chi connectivity index (χ4v) is 6.94. The van der Waals surface area contributed by atoms with Crippen molar-refractivity contribution in [1.29, 1.82) is 0 Å². The number of tetrazole rings is 1. The molecule has 4 aliphatic carbocycles. The Labute approximate surface area is 186 Å². The molecule has 2 atom stereocenters. The number of rotatable bonds is 5. The van der Waals surface area contributed by atoms with Crippen LogP contribution in [0.3, 0.4) is 0 Å². The zero-order valence-corrected chi connectivity index (χ0v) is 18.8. The van der Waals surface area contributed by atoms with Gasteiger partial charge in [-0.15, -0.1) is 10.2 Å². The van der Waals surface area contributed by atoms with E-state index in [0.717, 1.165) is 50.0 Å². The van der Waals surface area contributed by atoms with Crippen molar-refractivity contribution in [2.45, 2.75) is 70.9 Å². The summed E-state index contributed by atoms with van der Waals surface area (Å²) in [4.78, 5) is 14.7. The van der Waals surface area contributed by atoms with Crippen molar-refractivity contribution < 1.29 is 4.79 Å². The lowest BCUT2D eigenvalue weighted by Crippen LogP contribution is -2.58. The Morgan fingerprint density at radius 2 is 2.00 bits per heavy atom. The highest BCUT2D eigenvalue weighted by molar-refractivity contribution is 7.80. The topological polar surface area (TPSA) is 115 Å². The normalized spacial score (nSPS) is 30.9. The molecule has 11 heteroatoms. The molecule has 4 bridgehead atoms. The second-order valence-corrected chi connectivity index (χ2v) is 10.1. The first-order valence-electron chi connectivity index (χ1n) is 11.0. The Morgan fingerprint density at radius 1 is 1.23 bits per heavy atom. The molecule has 3 N–H and O–H groups in total. The Hall–Kier alpha value is -2.56. The SMILES string of the molecule is CCn1ncc(NC(=S)NNC(=O)CC23C[C@@H]4C[C@@H](C2)CC(n2ncnn2)(C4)C3)c1C. The Morgan fingerprint density at radius 3 is 2.65 bits per heavy atom. The summed E-state index contributed by atoms with van der Waals surface area (Å²) in [5.41, 5.74) is 7.39. The molecule has 1 amide bonds. The molecule has 0 unspecified atom stereocenters. The standard InChI is InChI=1S/C20H29N9OS/c1-3-28-13(2)16(10-22-28)24-18(31)26-25-17(30)9-19-5-14-4-15(6-19)8-20(7-14,11-19)29-23-12-21-27-29/h10,12,14-15H,3-9,11H2,1-2H3,(H,25,30)(H2,24,26,31)/t14-,15-,19?,20?/m0/s1. The van der Waals surface area contributed by atoms with Crippen molar-refractivity contribution in [2.24, 2.45) is 17.3 Å². The van der Waals surface area contributed by atoms with Gasteiger partial charge < -0.3 is 5.32 Å². The van der Waals surface area contributed by atoms with Gasteiger partial charge in [0.25, 0.3) is 0 Å². The molecule has 0 aliphatic heterocycles. The number of thiocarbonyl (C=S) groups is 1. The molecule has 0 aromatic carbocycles. The quantitative estimate of drug-likeness (QED) is 0.474. The number of nitrogens with zero attached hydrogens (tertiary/aromatic N) is 6. The molecule has 6 rings (SSSR count). The van der Waals surface area contributed by atoms with Gasteiger partial charge in [0.2, 0.25) is 5.91 Å². The van der Waals surface area contributed by atoms with E-state index >= 15 is 0 Å². The highest BCUT2D eigenvalue weighted by atomic mass is 32.1. The molecule has 2 aromatic rings. The minimum Gasteiger partial charge on any atom is -0.329 e. The van der Waals surface area contributed by atoms with Crippen molar-refractivity contribution in [3.63, 3.8) is 0 Å². The average Bonchev–Trinajstić information content (AvgIpc) is 3.36. The number of hydrogen-bond acceptors (Lipinski definition) is 6.